The standard InChI is InChI=1S/C36H44N6O6.2ClH/c1-23-12-15-28(29(21-23)48-20-7-5-6-11-31(44)42-18-16-40(2)17-19-42)41(3)36(46)26-14-13-25(34(47-4)32(26)35(37)45)24-9-8-10-27-33(24)39-30(22-43)38-27;;/h8-10,12-15,21,43H,5-7,11,16-20,22H2,1-4H3,(H2,37,45)(H,38,39);2*1H. The number of likely N-dealkylation sites (N-methyl/N-ethyl adjacent to an activating group) is 1. The van der Waals surface area contributed by atoms with E-state index in [0.29, 0.717) is 52.4 Å². The molecule has 3 aromatic carbocycles. The highest BCUT2D eigenvalue weighted by Gasteiger charge is 2.28. The lowest BCUT2D eigenvalue weighted by Gasteiger charge is -2.32. The van der Waals surface area contributed by atoms with Crippen LogP contribution >= 0.6 is 24.8 Å². The molecule has 2 heterocycles. The highest BCUT2D eigenvalue weighted by Crippen LogP contribution is 2.39. The monoisotopic (exact) mass is 728 g/mol. The summed E-state index contributed by atoms with van der Waals surface area (Å²) in [5.74, 6) is 0.00167. The lowest BCUT2D eigenvalue weighted by Crippen LogP contribution is -2.47. The summed E-state index contributed by atoms with van der Waals surface area (Å²) in [5, 5.41) is 9.60. The lowest BCUT2D eigenvalue weighted by atomic mass is 9.95. The van der Waals surface area contributed by atoms with Crippen molar-refractivity contribution in [3.8, 4) is 22.6 Å². The number of ether oxygens (including phenoxy) is 2. The Hall–Kier alpha value is -4.36. The topological polar surface area (TPSA) is 154 Å². The number of hydrogen-bond acceptors (Lipinski definition) is 8. The average Bonchev–Trinajstić information content (AvgIpc) is 3.52. The van der Waals surface area contributed by atoms with E-state index in [-0.39, 0.29) is 54.2 Å². The number of nitrogens with two attached hydrogens (primary N) is 1. The van der Waals surface area contributed by atoms with Crippen molar-refractivity contribution in [2.45, 2.75) is 39.2 Å². The molecule has 1 aromatic heterocycles. The number of unbranched alkanes of at least 4 members (excludes halogenated alkanes) is 2. The van der Waals surface area contributed by atoms with Gasteiger partial charge in [-0.1, -0.05) is 18.2 Å². The number of nitrogens with one attached hydrogen (secondary N) is 1. The van der Waals surface area contributed by atoms with Crippen LogP contribution in [0.15, 0.2) is 48.5 Å². The summed E-state index contributed by atoms with van der Waals surface area (Å²) in [5.41, 5.74) is 9.85. The molecule has 1 saturated heterocycles. The molecule has 4 N–H and O–H groups in total. The molecule has 4 aromatic rings. The normalized spacial score (nSPS) is 12.9. The summed E-state index contributed by atoms with van der Waals surface area (Å²) in [6, 6.07) is 14.3. The molecular weight excluding hydrogens is 683 g/mol. The molecule has 0 radical (unpaired) electrons. The molecule has 0 spiro atoms. The van der Waals surface area contributed by atoms with Gasteiger partial charge in [0.1, 0.15) is 23.9 Å². The third-order valence-corrected chi connectivity index (χ3v) is 8.77. The molecule has 0 bridgehead atoms. The minimum Gasteiger partial charge on any atom is -0.495 e. The van der Waals surface area contributed by atoms with Gasteiger partial charge in [-0.05, 0) is 69.1 Å². The zero-order valence-electron chi connectivity index (χ0n) is 28.9. The number of primary amides is 1. The van der Waals surface area contributed by atoms with Gasteiger partial charge in [0, 0.05) is 50.8 Å². The van der Waals surface area contributed by atoms with E-state index in [4.69, 9.17) is 15.2 Å². The van der Waals surface area contributed by atoms with E-state index < -0.39 is 11.8 Å². The van der Waals surface area contributed by atoms with Crippen LogP contribution in [0.25, 0.3) is 22.2 Å². The van der Waals surface area contributed by atoms with Crippen molar-refractivity contribution in [2.75, 3.05) is 58.9 Å². The Morgan fingerprint density at radius 3 is 2.42 bits per heavy atom. The van der Waals surface area contributed by atoms with Crippen molar-refractivity contribution < 1.29 is 29.0 Å². The van der Waals surface area contributed by atoms with Crippen LogP contribution in [0.3, 0.4) is 0 Å². The van der Waals surface area contributed by atoms with E-state index >= 15 is 0 Å². The van der Waals surface area contributed by atoms with E-state index in [1.54, 1.807) is 19.2 Å². The first-order valence-corrected chi connectivity index (χ1v) is 16.2. The molecule has 0 unspecified atom stereocenters. The molecule has 3 amide bonds. The Labute approximate surface area is 304 Å². The number of H-pyrrole nitrogens is 1. The van der Waals surface area contributed by atoms with Gasteiger partial charge in [0.2, 0.25) is 5.91 Å². The summed E-state index contributed by atoms with van der Waals surface area (Å²) >= 11 is 0. The van der Waals surface area contributed by atoms with Crippen LogP contribution in [0.4, 0.5) is 5.69 Å². The fourth-order valence-electron chi connectivity index (χ4n) is 6.06. The fourth-order valence-corrected chi connectivity index (χ4v) is 6.06. The molecular formula is C36H46Cl2N6O6. The van der Waals surface area contributed by atoms with E-state index in [0.717, 1.165) is 51.0 Å². The first-order valence-electron chi connectivity index (χ1n) is 16.2. The van der Waals surface area contributed by atoms with Gasteiger partial charge in [-0.25, -0.2) is 4.98 Å². The van der Waals surface area contributed by atoms with E-state index in [1.807, 2.05) is 48.2 Å². The second-order valence-electron chi connectivity index (χ2n) is 12.2. The van der Waals surface area contributed by atoms with Crippen LogP contribution in [0.1, 0.15) is 57.8 Å². The number of nitrogens with zero attached hydrogens (tertiary/aromatic N) is 4. The van der Waals surface area contributed by atoms with E-state index in [9.17, 15) is 19.5 Å². The van der Waals surface area contributed by atoms with Crippen molar-refractivity contribution in [1.82, 2.24) is 19.8 Å². The number of amides is 3. The minimum atomic E-state index is -0.817. The molecule has 12 nitrogen and oxygen atoms in total. The Kier molecular flexibility index (Phi) is 14.5. The maximum atomic E-state index is 14.0. The number of aliphatic hydroxyl groups is 1. The fraction of sp³-hybridized carbons (Fsp3) is 0.389. The lowest BCUT2D eigenvalue weighted by molar-refractivity contribution is -0.132. The number of fused-ring (bicyclic) bond motifs is 1. The Morgan fingerprint density at radius 1 is 1.00 bits per heavy atom. The van der Waals surface area contributed by atoms with Crippen LogP contribution in [0, 0.1) is 6.92 Å². The summed E-state index contributed by atoms with van der Waals surface area (Å²) in [7, 11) is 5.11. The predicted molar refractivity (Wildman–Crippen MR) is 199 cm³/mol. The quantitative estimate of drug-likeness (QED) is 0.163. The number of carbonyl (C=O) groups excluding carboxylic acids is 3. The Balaban J connectivity index is 0.00000338. The second-order valence-corrected chi connectivity index (χ2v) is 12.2. The minimum absolute atomic E-state index is 0. The number of halogens is 2. The largest absolute Gasteiger partial charge is 0.495 e. The molecule has 5 rings (SSSR count). The number of imidazole rings is 1. The summed E-state index contributed by atoms with van der Waals surface area (Å²) in [6.07, 6.45) is 2.92. The Bertz CT molecular complexity index is 1810. The Morgan fingerprint density at radius 2 is 1.74 bits per heavy atom. The molecule has 0 atom stereocenters. The average molecular weight is 730 g/mol. The first-order chi connectivity index (χ1) is 23.1. The molecule has 0 aliphatic carbocycles. The van der Waals surface area contributed by atoms with Crippen LogP contribution < -0.4 is 20.1 Å². The molecule has 1 fully saturated rings. The number of rotatable bonds is 13. The van der Waals surface area contributed by atoms with Gasteiger partial charge in [0.25, 0.3) is 11.8 Å². The number of hydrogen-bond donors (Lipinski definition) is 3. The van der Waals surface area contributed by atoms with E-state index in [2.05, 4.69) is 21.9 Å². The smallest absolute Gasteiger partial charge is 0.259 e. The summed E-state index contributed by atoms with van der Waals surface area (Å²) < 4.78 is 11.9. The van der Waals surface area contributed by atoms with Crippen molar-refractivity contribution in [1.29, 1.82) is 0 Å². The predicted octanol–water partition coefficient (Wildman–Crippen LogP) is 4.97. The number of aromatic amines is 1. The van der Waals surface area contributed by atoms with Crippen molar-refractivity contribution in [3.05, 3.63) is 71.0 Å². The molecule has 270 valence electrons. The SMILES string of the molecule is COc1c(-c2cccc3[nH]c(CO)nc23)ccc(C(=O)N(C)c2ccc(C)cc2OCCCCCC(=O)N2CCN(C)CC2)c1C(N)=O.Cl.Cl. The van der Waals surface area contributed by atoms with Crippen molar-refractivity contribution in [3.63, 3.8) is 0 Å². The number of carbonyl (C=O) groups is 3. The maximum Gasteiger partial charge on any atom is 0.259 e. The van der Waals surface area contributed by atoms with Gasteiger partial charge in [-0.15, -0.1) is 24.8 Å². The number of aromatic nitrogens is 2. The van der Waals surface area contributed by atoms with Gasteiger partial charge >= 0.3 is 0 Å². The van der Waals surface area contributed by atoms with Crippen molar-refractivity contribution >= 4 is 59.3 Å². The van der Waals surface area contributed by atoms with Gasteiger partial charge in [0.05, 0.1) is 41.6 Å². The zero-order chi connectivity index (χ0) is 34.4. The summed E-state index contributed by atoms with van der Waals surface area (Å²) in [4.78, 5) is 52.7. The highest BCUT2D eigenvalue weighted by molar-refractivity contribution is 6.15. The number of benzene rings is 3. The first kappa shape index (κ1) is 40.1. The van der Waals surface area contributed by atoms with Gasteiger partial charge in [-0.3, -0.25) is 14.4 Å². The highest BCUT2D eigenvalue weighted by atomic mass is 35.5. The number of anilines is 1. The number of aryl methyl sites for hydroxylation is 1. The maximum absolute atomic E-state index is 14.0. The van der Waals surface area contributed by atoms with Gasteiger partial charge in [0.15, 0.2) is 0 Å². The number of para-hydroxylation sites is 1. The number of methoxy groups -OCH3 is 1. The molecule has 14 heteroatoms. The van der Waals surface area contributed by atoms with Crippen LogP contribution in [0.2, 0.25) is 0 Å². The van der Waals surface area contributed by atoms with Gasteiger partial charge in [-0.2, -0.15) is 0 Å². The van der Waals surface area contributed by atoms with Crippen LogP contribution in [-0.4, -0.2) is 96.6 Å². The number of aliphatic hydroxyl groups excluding tert-OH is 1. The molecule has 1 aliphatic rings. The van der Waals surface area contributed by atoms with Crippen LogP contribution in [0.5, 0.6) is 11.5 Å². The second kappa shape index (κ2) is 18.0. The van der Waals surface area contributed by atoms with Gasteiger partial charge < -0.3 is 40.0 Å². The molecule has 0 saturated carbocycles. The molecule has 50 heavy (non-hydrogen) atoms. The third-order valence-electron chi connectivity index (χ3n) is 8.77. The molecule has 1 aliphatic heterocycles. The van der Waals surface area contributed by atoms with E-state index in [1.165, 1.54) is 12.0 Å². The number of piperazine rings is 1. The van der Waals surface area contributed by atoms with Crippen molar-refractivity contribution in [2.24, 2.45) is 5.73 Å². The van der Waals surface area contributed by atoms with Crippen LogP contribution in [-0.2, 0) is 11.4 Å². The zero-order valence-corrected chi connectivity index (χ0v) is 30.5. The third kappa shape index (κ3) is 8.86. The summed E-state index contributed by atoms with van der Waals surface area (Å²) in [6.45, 7) is 5.49.